The van der Waals surface area contributed by atoms with Gasteiger partial charge in [0.2, 0.25) is 5.89 Å². The molecule has 2 saturated carbocycles. The van der Waals surface area contributed by atoms with E-state index in [9.17, 15) is 9.59 Å². The number of aliphatic carboxylic acids is 1. The van der Waals surface area contributed by atoms with Crippen LogP contribution in [0.4, 0.5) is 10.5 Å². The fraction of sp³-hybridized carbons (Fsp3) is 0.476. The molecule has 0 atom stereocenters. The van der Waals surface area contributed by atoms with Gasteiger partial charge in [0.1, 0.15) is 6.26 Å². The molecule has 1 heterocycles. The molecule has 0 spiro atoms. The Bertz CT molecular complexity index is 886. The molecule has 4 rings (SSSR count). The van der Waals surface area contributed by atoms with Crippen LogP contribution in [0, 0.1) is 12.8 Å². The summed E-state index contributed by atoms with van der Waals surface area (Å²) < 4.78 is 5.41. The molecule has 8 nitrogen and oxygen atoms in total. The number of oxazole rings is 1. The van der Waals surface area contributed by atoms with E-state index in [1.807, 2.05) is 31.2 Å². The summed E-state index contributed by atoms with van der Waals surface area (Å²) in [5.41, 5.74) is 2.26. The lowest BCUT2D eigenvalue weighted by molar-refractivity contribution is -0.139. The molecule has 1 aromatic heterocycles. The van der Waals surface area contributed by atoms with Crippen molar-refractivity contribution >= 4 is 17.7 Å². The summed E-state index contributed by atoms with van der Waals surface area (Å²) in [5.74, 6) is 0.368. The van der Waals surface area contributed by atoms with Crippen molar-refractivity contribution in [1.82, 2.24) is 15.2 Å². The molecule has 2 aliphatic rings. The predicted molar refractivity (Wildman–Crippen MR) is 108 cm³/mol. The summed E-state index contributed by atoms with van der Waals surface area (Å²) in [4.78, 5) is 29.8. The van der Waals surface area contributed by atoms with Crippen molar-refractivity contribution in [2.24, 2.45) is 5.92 Å². The number of nitrogens with zero attached hydrogens (tertiary/aromatic N) is 2. The Balaban J connectivity index is 1.27. The van der Waals surface area contributed by atoms with Gasteiger partial charge in [-0.25, -0.2) is 9.78 Å². The van der Waals surface area contributed by atoms with E-state index in [1.54, 1.807) is 6.26 Å². The first-order chi connectivity index (χ1) is 14.0. The first-order valence-electron chi connectivity index (χ1n) is 10.0. The minimum Gasteiger partial charge on any atom is -0.480 e. The van der Waals surface area contributed by atoms with Gasteiger partial charge >= 0.3 is 12.0 Å². The summed E-state index contributed by atoms with van der Waals surface area (Å²) in [6.45, 7) is 2.78. The number of rotatable bonds is 8. The van der Waals surface area contributed by atoms with Gasteiger partial charge in [-0.2, -0.15) is 0 Å². The van der Waals surface area contributed by atoms with Crippen LogP contribution < -0.4 is 10.6 Å². The van der Waals surface area contributed by atoms with Crippen molar-refractivity contribution in [1.29, 1.82) is 0 Å². The number of urea groups is 1. The van der Waals surface area contributed by atoms with Gasteiger partial charge in [-0.05, 0) is 56.7 Å². The van der Waals surface area contributed by atoms with Crippen LogP contribution in [0.15, 0.2) is 34.9 Å². The van der Waals surface area contributed by atoms with Crippen molar-refractivity contribution in [2.75, 3.05) is 18.4 Å². The topological polar surface area (TPSA) is 108 Å². The van der Waals surface area contributed by atoms with Gasteiger partial charge in [0.15, 0.2) is 0 Å². The summed E-state index contributed by atoms with van der Waals surface area (Å²) in [6.07, 6.45) is 5.54. The fourth-order valence-corrected chi connectivity index (χ4v) is 3.72. The van der Waals surface area contributed by atoms with Crippen molar-refractivity contribution in [3.8, 4) is 11.5 Å². The molecule has 8 heteroatoms. The number of aryl methyl sites for hydroxylation is 1. The van der Waals surface area contributed by atoms with Gasteiger partial charge in [-0.1, -0.05) is 6.07 Å². The SMILES string of the molecule is Cc1coc(-c2cccc(NC(=O)NC3CC(N(CC(=O)O)CC4CC4)C3)c2)n1. The second-order valence-electron chi connectivity index (χ2n) is 8.06. The zero-order chi connectivity index (χ0) is 20.4. The van der Waals surface area contributed by atoms with Crippen LogP contribution in [-0.2, 0) is 4.79 Å². The highest BCUT2D eigenvalue weighted by molar-refractivity contribution is 5.90. The number of carbonyl (C=O) groups excluding carboxylic acids is 1. The summed E-state index contributed by atoms with van der Waals surface area (Å²) >= 11 is 0. The molecule has 0 bridgehead atoms. The van der Waals surface area contributed by atoms with Crippen LogP contribution in [-0.4, -0.2) is 52.2 Å². The fourth-order valence-electron chi connectivity index (χ4n) is 3.72. The zero-order valence-electron chi connectivity index (χ0n) is 16.4. The maximum Gasteiger partial charge on any atom is 0.319 e. The minimum absolute atomic E-state index is 0.0630. The van der Waals surface area contributed by atoms with Crippen LogP contribution in [0.25, 0.3) is 11.5 Å². The van der Waals surface area contributed by atoms with Crippen LogP contribution in [0.5, 0.6) is 0 Å². The number of carboxylic acid groups (broad SMARTS) is 1. The van der Waals surface area contributed by atoms with E-state index in [2.05, 4.69) is 20.5 Å². The molecule has 0 saturated heterocycles. The summed E-state index contributed by atoms with van der Waals surface area (Å²) in [5, 5.41) is 15.0. The van der Waals surface area contributed by atoms with Gasteiger partial charge in [0.25, 0.3) is 0 Å². The maximum atomic E-state index is 12.3. The Morgan fingerprint density at radius 1 is 1.31 bits per heavy atom. The number of aromatic nitrogens is 1. The number of amides is 2. The number of nitrogens with one attached hydrogen (secondary N) is 2. The van der Waals surface area contributed by atoms with Crippen LogP contribution in [0.1, 0.15) is 31.4 Å². The molecule has 0 radical (unpaired) electrons. The van der Waals surface area contributed by atoms with Gasteiger partial charge in [-0.15, -0.1) is 0 Å². The van der Waals surface area contributed by atoms with Crippen molar-refractivity contribution in [3.05, 3.63) is 36.2 Å². The first-order valence-corrected chi connectivity index (χ1v) is 10.0. The highest BCUT2D eigenvalue weighted by atomic mass is 16.4. The zero-order valence-corrected chi connectivity index (χ0v) is 16.4. The number of hydrogen-bond donors (Lipinski definition) is 3. The van der Waals surface area contributed by atoms with Crippen LogP contribution in [0.2, 0.25) is 0 Å². The van der Waals surface area contributed by atoms with Crippen molar-refractivity contribution in [2.45, 2.75) is 44.7 Å². The lowest BCUT2D eigenvalue weighted by Crippen LogP contribution is -2.55. The van der Waals surface area contributed by atoms with E-state index in [0.717, 1.165) is 30.6 Å². The summed E-state index contributed by atoms with van der Waals surface area (Å²) in [7, 11) is 0. The molecular weight excluding hydrogens is 372 g/mol. The standard InChI is InChI=1S/C21H26N4O4/c1-13-12-29-20(22-13)15-3-2-4-16(7-15)23-21(28)24-17-8-18(9-17)25(11-19(26)27)10-14-5-6-14/h2-4,7,12,14,17-18H,5-6,8-11H2,1H3,(H,26,27)(H2,23,24,28). The number of benzene rings is 1. The molecule has 2 amide bonds. The van der Waals surface area contributed by atoms with E-state index in [0.29, 0.717) is 17.5 Å². The Hall–Kier alpha value is -2.87. The monoisotopic (exact) mass is 398 g/mol. The number of carboxylic acids is 1. The third kappa shape index (κ3) is 5.14. The Morgan fingerprint density at radius 3 is 2.76 bits per heavy atom. The van der Waals surface area contributed by atoms with Crippen LogP contribution in [0.3, 0.4) is 0 Å². The quantitative estimate of drug-likeness (QED) is 0.631. The molecular formula is C21H26N4O4. The number of hydrogen-bond acceptors (Lipinski definition) is 5. The lowest BCUT2D eigenvalue weighted by Gasteiger charge is -2.42. The van der Waals surface area contributed by atoms with Gasteiger partial charge in [0, 0.05) is 29.9 Å². The molecule has 2 aromatic rings. The number of anilines is 1. The van der Waals surface area contributed by atoms with E-state index in [1.165, 1.54) is 12.8 Å². The van der Waals surface area contributed by atoms with Gasteiger partial charge in [0.05, 0.1) is 12.2 Å². The number of carbonyl (C=O) groups is 2. The second-order valence-corrected chi connectivity index (χ2v) is 8.06. The Labute approximate surface area is 169 Å². The molecule has 0 unspecified atom stereocenters. The largest absolute Gasteiger partial charge is 0.480 e. The molecule has 0 aliphatic heterocycles. The first kappa shape index (κ1) is 19.4. The van der Waals surface area contributed by atoms with Crippen LogP contribution >= 0.6 is 0 Å². The van der Waals surface area contributed by atoms with E-state index < -0.39 is 5.97 Å². The minimum atomic E-state index is -0.791. The van der Waals surface area contributed by atoms with Crippen molar-refractivity contribution in [3.63, 3.8) is 0 Å². The average Bonchev–Trinajstić information content (AvgIpc) is 3.34. The summed E-state index contributed by atoms with van der Waals surface area (Å²) in [6, 6.07) is 7.38. The van der Waals surface area contributed by atoms with E-state index >= 15 is 0 Å². The molecule has 2 aliphatic carbocycles. The highest BCUT2D eigenvalue weighted by Gasteiger charge is 2.37. The molecule has 3 N–H and O–H groups in total. The second kappa shape index (κ2) is 8.24. The van der Waals surface area contributed by atoms with Crippen molar-refractivity contribution < 1.29 is 19.1 Å². The smallest absolute Gasteiger partial charge is 0.319 e. The maximum absolute atomic E-state index is 12.3. The highest BCUT2D eigenvalue weighted by Crippen LogP contribution is 2.33. The van der Waals surface area contributed by atoms with Gasteiger partial charge < -0.3 is 20.2 Å². The normalized spacial score (nSPS) is 20.9. The molecule has 154 valence electrons. The third-order valence-corrected chi connectivity index (χ3v) is 5.48. The lowest BCUT2D eigenvalue weighted by atomic mass is 9.85. The molecule has 2 fully saturated rings. The third-order valence-electron chi connectivity index (χ3n) is 5.48. The molecule has 1 aromatic carbocycles. The Morgan fingerprint density at radius 2 is 2.10 bits per heavy atom. The Kier molecular flexibility index (Phi) is 5.53. The predicted octanol–water partition coefficient (Wildman–Crippen LogP) is 3.10. The molecule has 29 heavy (non-hydrogen) atoms. The van der Waals surface area contributed by atoms with Gasteiger partial charge in [-0.3, -0.25) is 9.69 Å². The van der Waals surface area contributed by atoms with E-state index in [4.69, 9.17) is 9.52 Å². The van der Waals surface area contributed by atoms with E-state index in [-0.39, 0.29) is 24.7 Å². The average molecular weight is 398 g/mol.